The van der Waals surface area contributed by atoms with E-state index in [2.05, 4.69) is 313 Å². The van der Waals surface area contributed by atoms with Gasteiger partial charge in [0.1, 0.15) is 0 Å². The average molecular weight is 1220 g/mol. The van der Waals surface area contributed by atoms with E-state index in [1.165, 1.54) is 43.1 Å². The number of para-hydroxylation sites is 8. The maximum absolute atomic E-state index is 11.7. The molecule has 0 saturated carbocycles. The number of nitriles is 3. The summed E-state index contributed by atoms with van der Waals surface area (Å²) in [5.74, 6) is 0. The molecule has 20 aromatic rings. The lowest BCUT2D eigenvalue weighted by Gasteiger charge is -2.21. The molecule has 442 valence electrons. The SMILES string of the molecule is N#Cc1cc(C#N)cc(-c2c(-n3c4ccc(-n5c6ccccc6c6ccccc65)cc4c4cc(-n5c6ccccc6c6ccccc65)ccc43)cc(C#N)cc2-n2c3ccc(-n4c5ccccc5c5ccccc54)cc3c3cc(-n4c5ccccc5c5ccccc54)ccc32)c1. The van der Waals surface area contributed by atoms with Gasteiger partial charge in [0.15, 0.2) is 0 Å². The van der Waals surface area contributed by atoms with Crippen molar-refractivity contribution in [2.24, 2.45) is 0 Å². The summed E-state index contributed by atoms with van der Waals surface area (Å²) in [6.45, 7) is 0. The molecule has 20 rings (SSSR count). The molecule has 0 amide bonds. The molecule has 0 radical (unpaired) electrons. The van der Waals surface area contributed by atoms with Crippen molar-refractivity contribution in [1.29, 1.82) is 15.8 Å². The number of fused-ring (bicyclic) bond motifs is 18. The lowest BCUT2D eigenvalue weighted by molar-refractivity contribution is 1.12. The Morgan fingerprint density at radius 1 is 0.188 bits per heavy atom. The molecule has 96 heavy (non-hydrogen) atoms. The number of aromatic nitrogens is 6. The lowest BCUT2D eigenvalue weighted by Crippen LogP contribution is -2.06. The first-order chi connectivity index (χ1) is 47.5. The van der Waals surface area contributed by atoms with Gasteiger partial charge in [-0.3, -0.25) is 0 Å². The van der Waals surface area contributed by atoms with Crippen molar-refractivity contribution < 1.29 is 0 Å². The summed E-state index contributed by atoms with van der Waals surface area (Å²) in [5, 5.41) is 46.8. The predicted molar refractivity (Wildman–Crippen MR) is 392 cm³/mol. The van der Waals surface area contributed by atoms with E-state index in [1.807, 2.05) is 24.3 Å². The number of hydrogen-bond acceptors (Lipinski definition) is 3. The topological polar surface area (TPSA) is 101 Å². The van der Waals surface area contributed by atoms with Crippen LogP contribution in [0, 0.1) is 34.0 Å². The van der Waals surface area contributed by atoms with Gasteiger partial charge in [-0.15, -0.1) is 0 Å². The molecule has 0 aliphatic carbocycles. The van der Waals surface area contributed by atoms with Crippen LogP contribution in [0.4, 0.5) is 0 Å². The summed E-state index contributed by atoms with van der Waals surface area (Å²) < 4.78 is 14.1. The third-order valence-corrected chi connectivity index (χ3v) is 20.0. The van der Waals surface area contributed by atoms with Crippen molar-refractivity contribution in [3.8, 4) is 63.5 Å². The largest absolute Gasteiger partial charge is 0.309 e. The van der Waals surface area contributed by atoms with Gasteiger partial charge in [-0.1, -0.05) is 146 Å². The molecule has 0 saturated heterocycles. The third-order valence-electron chi connectivity index (χ3n) is 20.0. The minimum Gasteiger partial charge on any atom is -0.309 e. The van der Waals surface area contributed by atoms with E-state index in [0.29, 0.717) is 33.6 Å². The van der Waals surface area contributed by atoms with E-state index < -0.39 is 0 Å². The van der Waals surface area contributed by atoms with Crippen LogP contribution in [0.25, 0.3) is 176 Å². The van der Waals surface area contributed by atoms with Gasteiger partial charge in [0.2, 0.25) is 0 Å². The van der Waals surface area contributed by atoms with Crippen LogP contribution in [0.15, 0.2) is 297 Å². The Kier molecular flexibility index (Phi) is 11.1. The lowest BCUT2D eigenvalue weighted by atomic mass is 9.95. The predicted octanol–water partition coefficient (Wildman–Crippen LogP) is 21.6. The van der Waals surface area contributed by atoms with E-state index in [1.54, 1.807) is 6.07 Å². The standard InChI is InChI=1S/C87H49N9/c88-50-53-41-54(51-89)43-56(42-53)87-85(95-81-37-33-57(91-73-25-9-1-17-61(73)62-18-2-10-26-74(62)91)46-69(81)70-47-58(34-38-82(70)95)92-75-27-11-3-19-63(75)64-20-4-12-28-76(64)92)44-55(52-90)45-86(87)96-83-39-35-59(93-77-29-13-5-21-65(77)66-22-6-14-30-78(66)93)48-71(83)72-49-60(36-40-84(72)96)94-79-31-15-7-23-67(79)68-24-8-16-32-80(68)94/h1-49H. The Hall–Kier alpha value is -13.7. The molecule has 0 aliphatic rings. The number of nitrogens with zero attached hydrogens (tertiary/aromatic N) is 9. The van der Waals surface area contributed by atoms with E-state index >= 15 is 0 Å². The zero-order chi connectivity index (χ0) is 63.4. The Bertz CT molecular complexity index is 5990. The van der Waals surface area contributed by atoms with Crippen molar-refractivity contribution in [3.05, 3.63) is 314 Å². The molecule has 0 bridgehead atoms. The van der Waals surface area contributed by atoms with E-state index in [-0.39, 0.29) is 0 Å². The normalized spacial score (nSPS) is 11.9. The Labute approximate surface area is 548 Å². The summed E-state index contributed by atoms with van der Waals surface area (Å²) in [6, 6.07) is 113. The summed E-state index contributed by atoms with van der Waals surface area (Å²) >= 11 is 0. The van der Waals surface area contributed by atoms with E-state index in [9.17, 15) is 15.8 Å². The van der Waals surface area contributed by atoms with Gasteiger partial charge in [-0.2, -0.15) is 15.8 Å². The number of hydrogen-bond donors (Lipinski definition) is 0. The minimum atomic E-state index is 0.341. The van der Waals surface area contributed by atoms with Crippen molar-refractivity contribution in [3.63, 3.8) is 0 Å². The highest BCUT2D eigenvalue weighted by Crippen LogP contribution is 2.47. The molecule has 0 atom stereocenters. The van der Waals surface area contributed by atoms with Crippen LogP contribution in [-0.2, 0) is 0 Å². The number of benzene rings is 14. The van der Waals surface area contributed by atoms with Gasteiger partial charge in [0, 0.05) is 92.9 Å². The van der Waals surface area contributed by atoms with Crippen molar-refractivity contribution in [1.82, 2.24) is 27.4 Å². The van der Waals surface area contributed by atoms with Crippen LogP contribution in [0.5, 0.6) is 0 Å². The first-order valence-corrected chi connectivity index (χ1v) is 32.2. The molecule has 9 nitrogen and oxygen atoms in total. The molecule has 6 aromatic heterocycles. The van der Waals surface area contributed by atoms with Gasteiger partial charge in [-0.05, 0) is 157 Å². The first-order valence-electron chi connectivity index (χ1n) is 32.2. The second-order valence-corrected chi connectivity index (χ2v) is 25.0. The van der Waals surface area contributed by atoms with Gasteiger partial charge < -0.3 is 27.4 Å². The number of rotatable bonds is 7. The fourth-order valence-corrected chi connectivity index (χ4v) is 16.1. The molecule has 9 heteroatoms. The monoisotopic (exact) mass is 1220 g/mol. The smallest absolute Gasteiger partial charge is 0.0993 e. The molecule has 0 unspecified atom stereocenters. The summed E-state index contributed by atoms with van der Waals surface area (Å²) in [4.78, 5) is 0. The fourth-order valence-electron chi connectivity index (χ4n) is 16.1. The zero-order valence-corrected chi connectivity index (χ0v) is 51.3. The highest BCUT2D eigenvalue weighted by atomic mass is 15.1. The molecular weight excluding hydrogens is 1170 g/mol. The van der Waals surface area contributed by atoms with Crippen LogP contribution in [-0.4, -0.2) is 27.4 Å². The molecule has 0 spiro atoms. The van der Waals surface area contributed by atoms with Gasteiger partial charge in [0.05, 0.1) is 112 Å². The Morgan fingerprint density at radius 3 is 0.625 bits per heavy atom. The quantitative estimate of drug-likeness (QED) is 0.159. The van der Waals surface area contributed by atoms with Crippen LogP contribution in [0.3, 0.4) is 0 Å². The average Bonchev–Trinajstić information content (AvgIpc) is 1.60. The van der Waals surface area contributed by atoms with Crippen LogP contribution >= 0.6 is 0 Å². The van der Waals surface area contributed by atoms with E-state index in [0.717, 1.165) is 116 Å². The zero-order valence-electron chi connectivity index (χ0n) is 51.3. The highest BCUT2D eigenvalue weighted by Gasteiger charge is 2.27. The minimum absolute atomic E-state index is 0.341. The maximum Gasteiger partial charge on any atom is 0.0993 e. The Morgan fingerprint density at radius 2 is 0.396 bits per heavy atom. The Balaban J connectivity index is 0.916. The van der Waals surface area contributed by atoms with Gasteiger partial charge in [0.25, 0.3) is 0 Å². The molecular formula is C87H49N9. The molecule has 14 aromatic carbocycles. The maximum atomic E-state index is 11.7. The first kappa shape index (κ1) is 53.1. The summed E-state index contributed by atoms with van der Waals surface area (Å²) in [7, 11) is 0. The third kappa shape index (κ3) is 7.46. The van der Waals surface area contributed by atoms with Crippen molar-refractivity contribution in [2.75, 3.05) is 0 Å². The van der Waals surface area contributed by atoms with Gasteiger partial charge >= 0.3 is 0 Å². The van der Waals surface area contributed by atoms with Crippen LogP contribution in [0.1, 0.15) is 16.7 Å². The fraction of sp³-hybridized carbons (Fsp3) is 0. The summed E-state index contributed by atoms with van der Waals surface area (Å²) in [6.07, 6.45) is 0. The molecule has 6 heterocycles. The van der Waals surface area contributed by atoms with Crippen LogP contribution < -0.4 is 0 Å². The molecule has 0 aliphatic heterocycles. The second kappa shape index (κ2) is 20.2. The van der Waals surface area contributed by atoms with Crippen molar-refractivity contribution >= 4 is 131 Å². The summed E-state index contributed by atoms with van der Waals surface area (Å²) in [5.41, 5.74) is 20.3. The molecule has 0 N–H and O–H groups in total. The van der Waals surface area contributed by atoms with E-state index in [4.69, 9.17) is 0 Å². The second-order valence-electron chi connectivity index (χ2n) is 25.0. The van der Waals surface area contributed by atoms with Gasteiger partial charge in [-0.25, -0.2) is 0 Å². The van der Waals surface area contributed by atoms with Crippen LogP contribution in [0.2, 0.25) is 0 Å². The van der Waals surface area contributed by atoms with Crippen molar-refractivity contribution in [2.45, 2.75) is 0 Å². The highest BCUT2D eigenvalue weighted by molar-refractivity contribution is 6.17. The molecule has 0 fully saturated rings.